The molecule has 0 aliphatic rings. The van der Waals surface area contributed by atoms with Crippen molar-refractivity contribution in [3.63, 3.8) is 0 Å². The van der Waals surface area contributed by atoms with E-state index in [2.05, 4.69) is 0 Å². The van der Waals surface area contributed by atoms with Crippen molar-refractivity contribution in [1.29, 1.82) is 0 Å². The molecule has 0 unspecified atom stereocenters. The first kappa shape index (κ1) is 21.6. The molecule has 0 amide bonds. The molecule has 0 fully saturated rings. The fraction of sp³-hybridized carbons (Fsp3) is 0.130. The molecule has 2 aromatic carbocycles. The summed E-state index contributed by atoms with van der Waals surface area (Å²) in [6.07, 6.45) is -4.90. The molecule has 2 heterocycles. The lowest BCUT2D eigenvalue weighted by Gasteiger charge is -2.13. The second-order valence-corrected chi connectivity index (χ2v) is 7.78. The van der Waals surface area contributed by atoms with Gasteiger partial charge in [0.1, 0.15) is 17.1 Å². The van der Waals surface area contributed by atoms with E-state index in [4.69, 9.17) is 13.9 Å². The minimum absolute atomic E-state index is 0.0177. The molecule has 32 heavy (non-hydrogen) atoms. The lowest BCUT2D eigenvalue weighted by atomic mass is 10.0. The minimum Gasteiger partial charge on any atom is -0.497 e. The van der Waals surface area contributed by atoms with Crippen LogP contribution in [-0.4, -0.2) is 13.1 Å². The summed E-state index contributed by atoms with van der Waals surface area (Å²) in [5, 5.41) is 1.74. The molecule has 0 aliphatic carbocycles. The van der Waals surface area contributed by atoms with E-state index in [0.717, 1.165) is 10.9 Å². The molecule has 4 aromatic rings. The van der Waals surface area contributed by atoms with Gasteiger partial charge in [-0.15, -0.1) is 11.3 Å². The maximum atomic E-state index is 13.8. The van der Waals surface area contributed by atoms with Crippen LogP contribution in [-0.2, 0) is 17.4 Å². The largest absolute Gasteiger partial charge is 0.497 e. The molecule has 0 spiro atoms. The Morgan fingerprint density at radius 2 is 1.78 bits per heavy atom. The van der Waals surface area contributed by atoms with Crippen LogP contribution >= 0.6 is 11.3 Å². The first-order valence-corrected chi connectivity index (χ1v) is 10.2. The maximum Gasteiger partial charge on any atom is 0.450 e. The number of hydrogen-bond acceptors (Lipinski definition) is 6. The monoisotopic (exact) mass is 460 g/mol. The third-order valence-electron chi connectivity index (χ3n) is 4.63. The highest BCUT2D eigenvalue weighted by Crippen LogP contribution is 2.38. The van der Waals surface area contributed by atoms with Crippen molar-refractivity contribution in [2.75, 3.05) is 7.11 Å². The van der Waals surface area contributed by atoms with E-state index in [0.29, 0.717) is 5.75 Å². The Kier molecular flexibility index (Phi) is 5.75. The first-order valence-electron chi connectivity index (χ1n) is 9.32. The van der Waals surface area contributed by atoms with Crippen LogP contribution in [0.2, 0.25) is 0 Å². The second-order valence-electron chi connectivity index (χ2n) is 6.75. The predicted molar refractivity (Wildman–Crippen MR) is 113 cm³/mol. The van der Waals surface area contributed by atoms with Crippen LogP contribution in [0.4, 0.5) is 13.2 Å². The van der Waals surface area contributed by atoms with E-state index in [1.54, 1.807) is 12.1 Å². The van der Waals surface area contributed by atoms with Gasteiger partial charge in [0, 0.05) is 10.9 Å². The van der Waals surface area contributed by atoms with Crippen LogP contribution in [0.15, 0.2) is 69.2 Å². The van der Waals surface area contributed by atoms with Crippen molar-refractivity contribution >= 4 is 28.3 Å². The van der Waals surface area contributed by atoms with Crippen LogP contribution in [0.1, 0.15) is 10.6 Å². The lowest BCUT2D eigenvalue weighted by molar-refractivity contribution is -0.152. The highest BCUT2D eigenvalue weighted by molar-refractivity contribution is 7.10. The van der Waals surface area contributed by atoms with Crippen molar-refractivity contribution in [1.82, 2.24) is 0 Å². The molecule has 164 valence electrons. The summed E-state index contributed by atoms with van der Waals surface area (Å²) in [6.45, 7) is 0. The summed E-state index contributed by atoms with van der Waals surface area (Å²) in [6, 6.07) is 12.9. The number of fused-ring (bicyclic) bond motifs is 1. The van der Waals surface area contributed by atoms with Gasteiger partial charge in [0.15, 0.2) is 0 Å². The van der Waals surface area contributed by atoms with Crippen LogP contribution < -0.4 is 14.9 Å². The van der Waals surface area contributed by atoms with Crippen LogP contribution in [0.3, 0.4) is 0 Å². The molecular weight excluding hydrogens is 445 g/mol. The molecular formula is C23H15F3O5S. The van der Waals surface area contributed by atoms with Gasteiger partial charge >= 0.3 is 12.1 Å². The lowest BCUT2D eigenvalue weighted by Crippen LogP contribution is -2.16. The number of carbonyl (C=O) groups is 1. The van der Waals surface area contributed by atoms with E-state index in [1.807, 2.05) is 5.38 Å². The molecule has 9 heteroatoms. The van der Waals surface area contributed by atoms with E-state index in [1.165, 1.54) is 54.8 Å². The van der Waals surface area contributed by atoms with Gasteiger partial charge in [-0.25, -0.2) is 0 Å². The molecule has 0 saturated carbocycles. The zero-order chi connectivity index (χ0) is 22.9. The number of esters is 1. The number of ether oxygens (including phenoxy) is 2. The van der Waals surface area contributed by atoms with Gasteiger partial charge in [0.25, 0.3) is 0 Å². The van der Waals surface area contributed by atoms with Crippen molar-refractivity contribution < 1.29 is 31.9 Å². The molecule has 2 aromatic heterocycles. The summed E-state index contributed by atoms with van der Waals surface area (Å²) in [4.78, 5) is 25.9. The van der Waals surface area contributed by atoms with Gasteiger partial charge in [0.2, 0.25) is 11.2 Å². The molecule has 0 radical (unpaired) electrons. The summed E-state index contributed by atoms with van der Waals surface area (Å²) in [5.41, 5.74) is -1.74. The zero-order valence-corrected chi connectivity index (χ0v) is 17.4. The first-order chi connectivity index (χ1) is 15.3. The molecule has 0 N–H and O–H groups in total. The van der Waals surface area contributed by atoms with Crippen molar-refractivity contribution in [2.24, 2.45) is 0 Å². The number of benzene rings is 2. The Bertz CT molecular complexity index is 1320. The normalized spacial score (nSPS) is 11.5. The summed E-state index contributed by atoms with van der Waals surface area (Å²) in [7, 11) is 1.42. The fourth-order valence-corrected chi connectivity index (χ4v) is 3.87. The highest BCUT2D eigenvalue weighted by atomic mass is 32.1. The Labute approximate surface area is 183 Å². The number of methoxy groups -OCH3 is 1. The van der Waals surface area contributed by atoms with E-state index < -0.39 is 28.9 Å². The van der Waals surface area contributed by atoms with E-state index >= 15 is 0 Å². The summed E-state index contributed by atoms with van der Waals surface area (Å²) in [5.74, 6) is -1.60. The third kappa shape index (κ3) is 4.38. The van der Waals surface area contributed by atoms with Crippen molar-refractivity contribution in [3.8, 4) is 22.6 Å². The topological polar surface area (TPSA) is 65.7 Å². The number of hydrogen-bond donors (Lipinski definition) is 0. The average molecular weight is 460 g/mol. The molecule has 0 atom stereocenters. The number of halogens is 3. The number of carbonyl (C=O) groups excluding carboxylic acids is 1. The molecule has 0 saturated heterocycles. The van der Waals surface area contributed by atoms with Gasteiger partial charge in [0.05, 0.1) is 24.5 Å². The van der Waals surface area contributed by atoms with E-state index in [-0.39, 0.29) is 28.7 Å². The summed E-state index contributed by atoms with van der Waals surface area (Å²) < 4.78 is 56.7. The SMILES string of the molecule is COc1ccc(-c2c(C(F)(F)F)oc3cc(OC(=O)Cc4cccs4)ccc3c2=O)cc1. The molecule has 4 rings (SSSR count). The maximum absolute atomic E-state index is 13.8. The van der Waals surface area contributed by atoms with Crippen molar-refractivity contribution in [2.45, 2.75) is 12.6 Å². The standard InChI is InChI=1S/C23H15F3O5S/c1-29-14-6-4-13(5-7-14)20-21(28)17-9-8-15(11-18(17)31-22(20)23(24,25)26)30-19(27)12-16-3-2-10-32-16/h2-11H,12H2,1H3. The molecule has 5 nitrogen and oxygen atoms in total. The van der Waals surface area contributed by atoms with Gasteiger partial charge in [-0.05, 0) is 41.3 Å². The van der Waals surface area contributed by atoms with Gasteiger partial charge in [-0.2, -0.15) is 13.2 Å². The average Bonchev–Trinajstić information content (AvgIpc) is 3.26. The third-order valence-corrected chi connectivity index (χ3v) is 5.51. The number of rotatable bonds is 5. The molecule has 0 aliphatic heterocycles. The Hall–Kier alpha value is -3.59. The van der Waals surface area contributed by atoms with Gasteiger partial charge in [-0.3, -0.25) is 9.59 Å². The quantitative estimate of drug-likeness (QED) is 0.283. The van der Waals surface area contributed by atoms with E-state index in [9.17, 15) is 22.8 Å². The van der Waals surface area contributed by atoms with Gasteiger partial charge in [-0.1, -0.05) is 18.2 Å². The van der Waals surface area contributed by atoms with Gasteiger partial charge < -0.3 is 13.9 Å². The Morgan fingerprint density at radius 3 is 2.41 bits per heavy atom. The Balaban J connectivity index is 1.77. The number of thiophene rings is 1. The van der Waals surface area contributed by atoms with Crippen molar-refractivity contribution in [3.05, 3.63) is 80.8 Å². The predicted octanol–water partition coefficient (Wildman–Crippen LogP) is 5.70. The minimum atomic E-state index is -4.92. The van der Waals surface area contributed by atoms with Crippen LogP contribution in [0.25, 0.3) is 22.1 Å². The Morgan fingerprint density at radius 1 is 1.06 bits per heavy atom. The van der Waals surface area contributed by atoms with Crippen LogP contribution in [0, 0.1) is 0 Å². The zero-order valence-electron chi connectivity index (χ0n) is 16.6. The fourth-order valence-electron chi connectivity index (χ4n) is 3.18. The second kappa shape index (κ2) is 8.51. The smallest absolute Gasteiger partial charge is 0.450 e. The number of alkyl halides is 3. The van der Waals surface area contributed by atoms with Crippen LogP contribution in [0.5, 0.6) is 11.5 Å². The highest BCUT2D eigenvalue weighted by Gasteiger charge is 2.39. The summed E-state index contributed by atoms with van der Waals surface area (Å²) >= 11 is 1.38. The molecule has 0 bridgehead atoms.